The smallest absolute Gasteiger partial charge is 0.308 e. The topological polar surface area (TPSA) is 166 Å². The third kappa shape index (κ3) is 18.3. The Hall–Kier alpha value is -8.18. The molecule has 0 aliphatic rings. The molecular weight excluding hydrogens is 801 g/mol. The molecule has 6 aromatic carbocycles. The van der Waals surface area contributed by atoms with Crippen LogP contribution in [0.25, 0.3) is 36.5 Å². The zero-order valence-electron chi connectivity index (χ0n) is 35.7. The number of esters is 4. The van der Waals surface area contributed by atoms with Crippen molar-refractivity contribution < 1.29 is 53.4 Å². The molecular formula is C52H48O11. The fourth-order valence-corrected chi connectivity index (χ4v) is 5.51. The summed E-state index contributed by atoms with van der Waals surface area (Å²) in [6.07, 6.45) is 11.2. The predicted molar refractivity (Wildman–Crippen MR) is 245 cm³/mol. The summed E-state index contributed by atoms with van der Waals surface area (Å²) >= 11 is 0. The molecule has 63 heavy (non-hydrogen) atoms. The highest BCUT2D eigenvalue weighted by molar-refractivity contribution is 5.77. The predicted octanol–water partition coefficient (Wildman–Crippen LogP) is 11.0. The van der Waals surface area contributed by atoms with Crippen molar-refractivity contribution in [2.24, 2.45) is 0 Å². The molecule has 0 spiro atoms. The Kier molecular flexibility index (Phi) is 17.8. The molecule has 0 heterocycles. The molecule has 0 fully saturated rings. The molecule has 322 valence electrons. The molecule has 0 amide bonds. The number of aryl methyl sites for hydroxylation is 2. The summed E-state index contributed by atoms with van der Waals surface area (Å²) in [6.45, 7) is 9.30. The highest BCUT2D eigenvalue weighted by Gasteiger charge is 2.08. The molecule has 0 unspecified atom stereocenters. The fourth-order valence-electron chi connectivity index (χ4n) is 5.51. The SMILES string of the molecule is CC(=O)Oc1cc(/C=C/c2ccc(C)cc2)cc(OC(C)=O)c1.CC(=O)Oc1cc(/C=C/c2ccc(O)cc2)cc(OC(C)=O)c1.Cc1ccc(/C=C/c2cc(O)cc(O)c2)cc1. The van der Waals surface area contributed by atoms with Crippen LogP contribution >= 0.6 is 0 Å². The van der Waals surface area contributed by atoms with Gasteiger partial charge in [0.2, 0.25) is 0 Å². The van der Waals surface area contributed by atoms with Crippen molar-refractivity contribution in [3.8, 4) is 40.2 Å². The van der Waals surface area contributed by atoms with Crippen molar-refractivity contribution in [3.05, 3.63) is 172 Å². The van der Waals surface area contributed by atoms with Gasteiger partial charge in [0.05, 0.1) is 0 Å². The van der Waals surface area contributed by atoms with Gasteiger partial charge in [0.15, 0.2) is 0 Å². The summed E-state index contributed by atoms with van der Waals surface area (Å²) in [7, 11) is 0. The van der Waals surface area contributed by atoms with E-state index in [1.54, 1.807) is 66.7 Å². The van der Waals surface area contributed by atoms with Gasteiger partial charge in [-0.1, -0.05) is 108 Å². The van der Waals surface area contributed by atoms with Crippen LogP contribution < -0.4 is 18.9 Å². The molecule has 0 saturated carbocycles. The molecule has 0 aliphatic heterocycles. The second-order valence-corrected chi connectivity index (χ2v) is 14.0. The second-order valence-electron chi connectivity index (χ2n) is 14.0. The summed E-state index contributed by atoms with van der Waals surface area (Å²) in [5.41, 5.74) is 7.65. The van der Waals surface area contributed by atoms with Gasteiger partial charge in [0.1, 0.15) is 40.2 Å². The van der Waals surface area contributed by atoms with Gasteiger partial charge in [-0.25, -0.2) is 0 Å². The van der Waals surface area contributed by atoms with Gasteiger partial charge in [0, 0.05) is 45.9 Å². The molecule has 0 atom stereocenters. The summed E-state index contributed by atoms with van der Waals surface area (Å²) < 4.78 is 20.3. The Labute approximate surface area is 366 Å². The summed E-state index contributed by atoms with van der Waals surface area (Å²) in [5.74, 6) is -0.213. The van der Waals surface area contributed by atoms with E-state index in [-0.39, 0.29) is 17.2 Å². The molecule has 11 heteroatoms. The van der Waals surface area contributed by atoms with E-state index in [9.17, 15) is 34.5 Å². The normalized spacial score (nSPS) is 10.6. The van der Waals surface area contributed by atoms with E-state index in [1.165, 1.54) is 57.0 Å². The standard InChI is InChI=1S/C19H18O4.C18H16O5.C15H14O2/c1-13-4-6-16(7-5-13)8-9-17-10-18(22-14(2)20)12-19(11-17)23-15(3)21;1-12(19)22-17-9-15(10-18(11-17)23-13(2)20)4-3-14-5-7-16(21)8-6-14;1-11-2-4-12(5-3-11)6-7-13-8-14(16)10-15(17)9-13/h4-12H,1-3H3;3-11,21H,1-2H3;2-10,16-17H,1H3/b9-8+;4-3+;7-6+. The van der Waals surface area contributed by atoms with Gasteiger partial charge >= 0.3 is 23.9 Å². The van der Waals surface area contributed by atoms with E-state index in [4.69, 9.17) is 18.9 Å². The van der Waals surface area contributed by atoms with Crippen LogP contribution in [-0.2, 0) is 19.2 Å². The van der Waals surface area contributed by atoms with Crippen LogP contribution in [0.2, 0.25) is 0 Å². The maximum absolute atomic E-state index is 11.1. The van der Waals surface area contributed by atoms with Crippen LogP contribution in [0.1, 0.15) is 72.2 Å². The number of benzene rings is 6. The maximum atomic E-state index is 11.1. The van der Waals surface area contributed by atoms with Gasteiger partial charge in [0.25, 0.3) is 0 Å². The number of phenolic OH excluding ortho intramolecular Hbond substituents is 3. The van der Waals surface area contributed by atoms with Crippen molar-refractivity contribution in [3.63, 3.8) is 0 Å². The zero-order valence-corrected chi connectivity index (χ0v) is 35.7. The van der Waals surface area contributed by atoms with E-state index in [2.05, 4.69) is 0 Å². The summed E-state index contributed by atoms with van der Waals surface area (Å²) in [6, 6.07) is 37.1. The molecule has 6 aromatic rings. The number of hydrogen-bond acceptors (Lipinski definition) is 11. The highest BCUT2D eigenvalue weighted by atomic mass is 16.6. The average molecular weight is 849 g/mol. The van der Waals surface area contributed by atoms with E-state index < -0.39 is 23.9 Å². The minimum atomic E-state index is -0.460. The third-order valence-electron chi connectivity index (χ3n) is 8.23. The van der Waals surface area contributed by atoms with Gasteiger partial charge in [-0.05, 0) is 95.8 Å². The number of carbonyl (C=O) groups is 4. The molecule has 0 radical (unpaired) electrons. The maximum Gasteiger partial charge on any atom is 0.308 e. The first-order chi connectivity index (χ1) is 30.0. The minimum absolute atomic E-state index is 0.0635. The fraction of sp³-hybridized carbons (Fsp3) is 0.115. The van der Waals surface area contributed by atoms with Gasteiger partial charge in [-0.3, -0.25) is 19.2 Å². The van der Waals surface area contributed by atoms with Crippen LogP contribution in [0.4, 0.5) is 0 Å². The average Bonchev–Trinajstić information content (AvgIpc) is 3.19. The lowest BCUT2D eigenvalue weighted by Gasteiger charge is -2.07. The molecule has 0 saturated heterocycles. The van der Waals surface area contributed by atoms with Crippen LogP contribution in [-0.4, -0.2) is 39.2 Å². The Morgan fingerprint density at radius 3 is 0.873 bits per heavy atom. The number of rotatable bonds is 10. The van der Waals surface area contributed by atoms with Crippen molar-refractivity contribution in [1.29, 1.82) is 0 Å². The van der Waals surface area contributed by atoms with Crippen molar-refractivity contribution in [2.75, 3.05) is 0 Å². The monoisotopic (exact) mass is 848 g/mol. The van der Waals surface area contributed by atoms with Crippen molar-refractivity contribution in [1.82, 2.24) is 0 Å². The molecule has 11 nitrogen and oxygen atoms in total. The zero-order chi connectivity index (χ0) is 45.9. The van der Waals surface area contributed by atoms with E-state index in [0.717, 1.165) is 27.8 Å². The molecule has 0 bridgehead atoms. The number of carbonyl (C=O) groups excluding carboxylic acids is 4. The first kappa shape index (κ1) is 47.5. The second kappa shape index (κ2) is 23.6. The Bertz CT molecular complexity index is 2380. The number of phenols is 3. The van der Waals surface area contributed by atoms with Crippen LogP contribution in [0, 0.1) is 13.8 Å². The molecule has 0 aromatic heterocycles. The van der Waals surface area contributed by atoms with E-state index in [0.29, 0.717) is 28.6 Å². The number of aromatic hydroxyl groups is 3. The lowest BCUT2D eigenvalue weighted by atomic mass is 10.1. The Balaban J connectivity index is 0.000000210. The summed E-state index contributed by atoms with van der Waals surface area (Å²) in [5, 5.41) is 27.9. The van der Waals surface area contributed by atoms with Gasteiger partial charge in [-0.2, -0.15) is 0 Å². The van der Waals surface area contributed by atoms with Crippen LogP contribution in [0.3, 0.4) is 0 Å². The largest absolute Gasteiger partial charge is 0.508 e. The lowest BCUT2D eigenvalue weighted by molar-refractivity contribution is -0.133. The molecule has 6 rings (SSSR count). The molecule has 3 N–H and O–H groups in total. The van der Waals surface area contributed by atoms with Crippen molar-refractivity contribution in [2.45, 2.75) is 41.5 Å². The Morgan fingerprint density at radius 2 is 0.587 bits per heavy atom. The number of hydrogen-bond donors (Lipinski definition) is 3. The van der Waals surface area contributed by atoms with E-state index in [1.807, 2.05) is 92.8 Å². The lowest BCUT2D eigenvalue weighted by Crippen LogP contribution is -2.04. The van der Waals surface area contributed by atoms with Gasteiger partial charge < -0.3 is 34.3 Å². The quantitative estimate of drug-likeness (QED) is 0.0682. The van der Waals surface area contributed by atoms with Crippen molar-refractivity contribution >= 4 is 60.3 Å². The first-order valence-electron chi connectivity index (χ1n) is 19.5. The number of ether oxygens (including phenoxy) is 4. The van der Waals surface area contributed by atoms with Gasteiger partial charge in [-0.15, -0.1) is 0 Å². The Morgan fingerprint density at radius 1 is 0.333 bits per heavy atom. The minimum Gasteiger partial charge on any atom is -0.508 e. The van der Waals surface area contributed by atoms with Crippen LogP contribution in [0.5, 0.6) is 40.2 Å². The first-order valence-corrected chi connectivity index (χ1v) is 19.5. The highest BCUT2D eigenvalue weighted by Crippen LogP contribution is 2.27. The van der Waals surface area contributed by atoms with E-state index >= 15 is 0 Å². The van der Waals surface area contributed by atoms with Crippen LogP contribution in [0.15, 0.2) is 127 Å². The summed E-state index contributed by atoms with van der Waals surface area (Å²) in [4.78, 5) is 44.4. The third-order valence-corrected chi connectivity index (χ3v) is 8.23. The molecule has 0 aliphatic carbocycles.